The van der Waals surface area contributed by atoms with Crippen LogP contribution in [0, 0.1) is 5.92 Å². The number of rotatable bonds is 3. The van der Waals surface area contributed by atoms with Gasteiger partial charge in [0.1, 0.15) is 19.6 Å². The Bertz CT molecular complexity index is 296. The Hall–Kier alpha value is -0.0951. The van der Waals surface area contributed by atoms with Crippen molar-refractivity contribution in [3.8, 4) is 0 Å². The van der Waals surface area contributed by atoms with Gasteiger partial charge >= 0.3 is 0 Å². The van der Waals surface area contributed by atoms with Crippen molar-refractivity contribution in [3.63, 3.8) is 0 Å². The molecule has 2 radical (unpaired) electrons. The van der Waals surface area contributed by atoms with Crippen LogP contribution in [0.3, 0.4) is 0 Å². The Morgan fingerprint density at radius 2 is 2.00 bits per heavy atom. The fourth-order valence-corrected chi connectivity index (χ4v) is 3.50. The molecule has 0 bridgehead atoms. The molecule has 3 unspecified atom stereocenters. The van der Waals surface area contributed by atoms with Crippen molar-refractivity contribution < 1.29 is 18.9 Å². The Balaban J connectivity index is 2.39. The van der Waals surface area contributed by atoms with Crippen LogP contribution in [-0.4, -0.2) is 58.1 Å². The van der Waals surface area contributed by atoms with Crippen LogP contribution in [0.1, 0.15) is 20.8 Å². The van der Waals surface area contributed by atoms with Gasteiger partial charge in [0.25, 0.3) is 0 Å². The summed E-state index contributed by atoms with van der Waals surface area (Å²) < 4.78 is 22.8. The van der Waals surface area contributed by atoms with Gasteiger partial charge in [-0.3, -0.25) is 0 Å². The molecule has 0 aromatic heterocycles. The van der Waals surface area contributed by atoms with Crippen molar-refractivity contribution in [2.24, 2.45) is 5.92 Å². The minimum atomic E-state index is -0.502. The second kappa shape index (κ2) is 4.23. The third kappa shape index (κ3) is 1.75. The normalized spacial score (nSPS) is 45.8. The van der Waals surface area contributed by atoms with Gasteiger partial charge in [-0.15, -0.1) is 0 Å². The van der Waals surface area contributed by atoms with Crippen molar-refractivity contribution in [1.82, 2.24) is 0 Å². The predicted molar refractivity (Wildman–Crippen MR) is 64.1 cm³/mol. The molecule has 0 amide bonds. The molecule has 96 valence electrons. The topological polar surface area (TPSA) is 36.9 Å². The minimum absolute atomic E-state index is 0.0175. The highest BCUT2D eigenvalue weighted by Gasteiger charge is 2.66. The second-order valence-corrected chi connectivity index (χ2v) is 5.50. The fourth-order valence-electron chi connectivity index (χ4n) is 3.50. The van der Waals surface area contributed by atoms with E-state index in [1.54, 1.807) is 14.2 Å². The summed E-state index contributed by atoms with van der Waals surface area (Å²) in [6.45, 7) is 6.60. The zero-order valence-electron chi connectivity index (χ0n) is 11.2. The minimum Gasteiger partial charge on any atom is -0.382 e. The summed E-state index contributed by atoms with van der Waals surface area (Å²) in [6, 6.07) is -0.428. The molecule has 5 atom stereocenters. The van der Waals surface area contributed by atoms with E-state index in [1.165, 1.54) is 0 Å². The molecule has 0 spiro atoms. The van der Waals surface area contributed by atoms with Gasteiger partial charge in [-0.1, -0.05) is 0 Å². The lowest BCUT2D eigenvalue weighted by molar-refractivity contribution is -0.109. The van der Waals surface area contributed by atoms with Crippen molar-refractivity contribution in [1.29, 1.82) is 0 Å². The SMILES string of the molecule is [B][C@@H]1OCC2(OC)C1OC(C)(C)[C@H]2C(C)OC. The van der Waals surface area contributed by atoms with Gasteiger partial charge < -0.3 is 18.9 Å². The molecule has 2 rings (SSSR count). The van der Waals surface area contributed by atoms with Crippen LogP contribution in [0.5, 0.6) is 0 Å². The highest BCUT2D eigenvalue weighted by atomic mass is 16.6. The maximum absolute atomic E-state index is 6.06. The lowest BCUT2D eigenvalue weighted by Crippen LogP contribution is -2.53. The smallest absolute Gasteiger partial charge is 0.127 e. The van der Waals surface area contributed by atoms with Crippen LogP contribution in [0.2, 0.25) is 0 Å². The van der Waals surface area contributed by atoms with Gasteiger partial charge in [0, 0.05) is 26.1 Å². The molecule has 0 aromatic rings. The third-order valence-electron chi connectivity index (χ3n) is 4.21. The standard InChI is InChI=1S/C12H21BO4/c1-7(14-4)8-11(2,3)17-9-10(13)16-6-12(8,9)15-5/h7-10H,6H2,1-5H3/t7?,8-,9?,10-,12?/m1/s1. The van der Waals surface area contributed by atoms with Crippen LogP contribution in [0.15, 0.2) is 0 Å². The molecule has 0 N–H and O–H groups in total. The average molecular weight is 240 g/mol. The summed E-state index contributed by atoms with van der Waals surface area (Å²) in [5, 5.41) is 0. The van der Waals surface area contributed by atoms with Crippen LogP contribution in [-0.2, 0) is 18.9 Å². The van der Waals surface area contributed by atoms with Crippen molar-refractivity contribution in [2.75, 3.05) is 20.8 Å². The zero-order chi connectivity index (χ0) is 12.8. The highest BCUT2D eigenvalue weighted by Crippen LogP contribution is 2.51. The van der Waals surface area contributed by atoms with Gasteiger partial charge in [-0.25, -0.2) is 0 Å². The second-order valence-electron chi connectivity index (χ2n) is 5.50. The van der Waals surface area contributed by atoms with E-state index in [1.807, 2.05) is 6.92 Å². The first-order valence-electron chi connectivity index (χ1n) is 6.02. The first-order chi connectivity index (χ1) is 7.89. The Kier molecular flexibility index (Phi) is 3.32. The van der Waals surface area contributed by atoms with Gasteiger partial charge in [-0.2, -0.15) is 0 Å². The molecule has 0 aliphatic carbocycles. The van der Waals surface area contributed by atoms with Gasteiger partial charge in [0.2, 0.25) is 0 Å². The lowest BCUT2D eigenvalue weighted by atomic mass is 9.73. The zero-order valence-corrected chi connectivity index (χ0v) is 11.2. The van der Waals surface area contributed by atoms with E-state index in [0.29, 0.717) is 6.61 Å². The highest BCUT2D eigenvalue weighted by molar-refractivity contribution is 6.11. The maximum Gasteiger partial charge on any atom is 0.127 e. The Morgan fingerprint density at radius 1 is 1.35 bits per heavy atom. The number of hydrogen-bond donors (Lipinski definition) is 0. The molecular formula is C12H21BO4. The molecular weight excluding hydrogens is 219 g/mol. The number of fused-ring (bicyclic) bond motifs is 1. The molecule has 5 heteroatoms. The molecule has 0 saturated carbocycles. The summed E-state index contributed by atoms with van der Waals surface area (Å²) in [7, 11) is 9.33. The van der Waals surface area contributed by atoms with Crippen LogP contribution in [0.25, 0.3) is 0 Å². The molecule has 2 aliphatic rings. The first kappa shape index (κ1) is 13.3. The van der Waals surface area contributed by atoms with Crippen molar-refractivity contribution in [2.45, 2.75) is 50.2 Å². The fraction of sp³-hybridized carbons (Fsp3) is 1.00. The largest absolute Gasteiger partial charge is 0.382 e. The summed E-state index contributed by atoms with van der Waals surface area (Å²) >= 11 is 0. The number of hydrogen-bond acceptors (Lipinski definition) is 4. The summed E-state index contributed by atoms with van der Waals surface area (Å²) in [5.74, 6) is 0.0866. The number of ether oxygens (including phenoxy) is 4. The van der Waals surface area contributed by atoms with E-state index in [4.69, 9.17) is 26.8 Å². The Labute approximate surface area is 104 Å². The van der Waals surface area contributed by atoms with Crippen LogP contribution >= 0.6 is 0 Å². The molecule has 2 fully saturated rings. The number of methoxy groups -OCH3 is 2. The quantitative estimate of drug-likeness (QED) is 0.681. The van der Waals surface area contributed by atoms with Crippen LogP contribution in [0.4, 0.5) is 0 Å². The monoisotopic (exact) mass is 240 g/mol. The average Bonchev–Trinajstić information content (AvgIpc) is 2.70. The first-order valence-corrected chi connectivity index (χ1v) is 6.02. The van der Waals surface area contributed by atoms with E-state index in [0.717, 1.165) is 0 Å². The molecule has 0 aromatic carbocycles. The maximum atomic E-state index is 6.06. The predicted octanol–water partition coefficient (Wildman–Crippen LogP) is 0.725. The Morgan fingerprint density at radius 3 is 2.53 bits per heavy atom. The van der Waals surface area contributed by atoms with E-state index < -0.39 is 11.6 Å². The lowest BCUT2D eigenvalue weighted by Gasteiger charge is -2.38. The van der Waals surface area contributed by atoms with Gasteiger partial charge in [0.05, 0.1) is 18.3 Å². The van der Waals surface area contributed by atoms with E-state index in [-0.39, 0.29) is 23.7 Å². The molecule has 2 heterocycles. The van der Waals surface area contributed by atoms with E-state index in [2.05, 4.69) is 13.8 Å². The molecule has 2 aliphatic heterocycles. The summed E-state index contributed by atoms with van der Waals surface area (Å²) in [4.78, 5) is 0. The van der Waals surface area contributed by atoms with Gasteiger partial charge in [-0.05, 0) is 20.8 Å². The van der Waals surface area contributed by atoms with Gasteiger partial charge in [0.15, 0.2) is 0 Å². The third-order valence-corrected chi connectivity index (χ3v) is 4.21. The summed E-state index contributed by atoms with van der Waals surface area (Å²) in [6.07, 6.45) is -0.214. The van der Waals surface area contributed by atoms with Crippen molar-refractivity contribution >= 4 is 7.85 Å². The van der Waals surface area contributed by atoms with E-state index in [9.17, 15) is 0 Å². The molecule has 17 heavy (non-hydrogen) atoms. The molecule has 4 nitrogen and oxygen atoms in total. The molecule has 2 saturated heterocycles. The van der Waals surface area contributed by atoms with Crippen LogP contribution < -0.4 is 0 Å². The summed E-state index contributed by atoms with van der Waals surface area (Å²) in [5.41, 5.74) is -0.837. The van der Waals surface area contributed by atoms with E-state index >= 15 is 0 Å². The van der Waals surface area contributed by atoms with Crippen molar-refractivity contribution in [3.05, 3.63) is 0 Å².